The Labute approximate surface area is 104 Å². The molecule has 17 heavy (non-hydrogen) atoms. The smallest absolute Gasteiger partial charge is 0.306 e. The van der Waals surface area contributed by atoms with Crippen molar-refractivity contribution in [1.82, 2.24) is 0 Å². The number of hydrogen-bond acceptors (Lipinski definition) is 1. The lowest BCUT2D eigenvalue weighted by Gasteiger charge is -2.17. The first-order valence-electron chi connectivity index (χ1n) is 7.08. The lowest BCUT2D eigenvalue weighted by atomic mass is 9.89. The molecule has 3 atom stereocenters. The van der Waals surface area contributed by atoms with Crippen molar-refractivity contribution in [2.75, 3.05) is 0 Å². The van der Waals surface area contributed by atoms with E-state index in [9.17, 15) is 4.79 Å². The number of carbonyl (C=O) groups is 1. The Morgan fingerprint density at radius 2 is 2.06 bits per heavy atom. The highest BCUT2D eigenvalue weighted by atomic mass is 16.4. The molecule has 0 aromatic heterocycles. The van der Waals surface area contributed by atoms with E-state index in [0.717, 1.165) is 18.8 Å². The van der Waals surface area contributed by atoms with Crippen LogP contribution in [-0.2, 0) is 4.79 Å². The number of carboxylic acid groups (broad SMARTS) is 1. The van der Waals surface area contributed by atoms with Crippen LogP contribution in [0.5, 0.6) is 0 Å². The van der Waals surface area contributed by atoms with Crippen molar-refractivity contribution in [2.24, 2.45) is 23.7 Å². The Balaban J connectivity index is 1.66. The molecule has 2 aliphatic carbocycles. The number of hydrogen-bond donors (Lipinski definition) is 1. The Bertz CT molecular complexity index is 289. The standard InChI is InChI=1S/C15H24O2/c1-11(15(16)17)14-10-13(14)9-5-8-12-6-3-2-4-7-12/h5,8,11-14H,2-4,6-7,9-10H2,1H3,(H,16,17). The van der Waals surface area contributed by atoms with Gasteiger partial charge in [0.05, 0.1) is 5.92 Å². The van der Waals surface area contributed by atoms with E-state index in [0.29, 0.717) is 11.8 Å². The lowest BCUT2D eigenvalue weighted by Crippen LogP contribution is -2.12. The minimum Gasteiger partial charge on any atom is -0.481 e. The van der Waals surface area contributed by atoms with Gasteiger partial charge in [-0.15, -0.1) is 0 Å². The maximum atomic E-state index is 10.8. The summed E-state index contributed by atoms with van der Waals surface area (Å²) in [4.78, 5) is 10.8. The van der Waals surface area contributed by atoms with E-state index < -0.39 is 5.97 Å². The highest BCUT2D eigenvalue weighted by molar-refractivity contribution is 5.70. The van der Waals surface area contributed by atoms with E-state index in [1.165, 1.54) is 32.1 Å². The van der Waals surface area contributed by atoms with Crippen molar-refractivity contribution in [3.05, 3.63) is 12.2 Å². The van der Waals surface area contributed by atoms with E-state index in [4.69, 9.17) is 5.11 Å². The molecule has 0 aromatic carbocycles. The Hall–Kier alpha value is -0.790. The first-order chi connectivity index (χ1) is 8.18. The van der Waals surface area contributed by atoms with Gasteiger partial charge in [-0.2, -0.15) is 0 Å². The van der Waals surface area contributed by atoms with E-state index in [1.54, 1.807) is 0 Å². The maximum Gasteiger partial charge on any atom is 0.306 e. The summed E-state index contributed by atoms with van der Waals surface area (Å²) in [6.07, 6.45) is 13.8. The van der Waals surface area contributed by atoms with Crippen LogP contribution in [0, 0.1) is 23.7 Å². The highest BCUT2D eigenvalue weighted by Crippen LogP contribution is 2.46. The zero-order valence-corrected chi connectivity index (χ0v) is 10.8. The predicted octanol–water partition coefficient (Wildman–Crippen LogP) is 3.87. The van der Waals surface area contributed by atoms with E-state index >= 15 is 0 Å². The van der Waals surface area contributed by atoms with Gasteiger partial charge in [0.1, 0.15) is 0 Å². The zero-order chi connectivity index (χ0) is 12.3. The molecule has 2 fully saturated rings. The predicted molar refractivity (Wildman–Crippen MR) is 68.7 cm³/mol. The van der Waals surface area contributed by atoms with Crippen molar-refractivity contribution in [2.45, 2.75) is 51.9 Å². The summed E-state index contributed by atoms with van der Waals surface area (Å²) in [5.41, 5.74) is 0. The van der Waals surface area contributed by atoms with Crippen LogP contribution in [0.15, 0.2) is 12.2 Å². The van der Waals surface area contributed by atoms with Gasteiger partial charge >= 0.3 is 5.97 Å². The van der Waals surface area contributed by atoms with Gasteiger partial charge in [-0.05, 0) is 43.4 Å². The summed E-state index contributed by atoms with van der Waals surface area (Å²) < 4.78 is 0. The summed E-state index contributed by atoms with van der Waals surface area (Å²) in [7, 11) is 0. The van der Waals surface area contributed by atoms with Crippen LogP contribution in [-0.4, -0.2) is 11.1 Å². The average molecular weight is 236 g/mol. The van der Waals surface area contributed by atoms with Gasteiger partial charge in [0, 0.05) is 0 Å². The SMILES string of the molecule is CC(C(=O)O)C1CC1CC=CC1CCCCC1. The fraction of sp³-hybridized carbons (Fsp3) is 0.800. The number of carboxylic acids is 1. The van der Waals surface area contributed by atoms with Crippen LogP contribution in [0.2, 0.25) is 0 Å². The van der Waals surface area contributed by atoms with Crippen molar-refractivity contribution in [3.63, 3.8) is 0 Å². The fourth-order valence-electron chi connectivity index (χ4n) is 3.11. The van der Waals surface area contributed by atoms with E-state index in [-0.39, 0.29) is 5.92 Å². The van der Waals surface area contributed by atoms with Gasteiger partial charge in [-0.1, -0.05) is 38.3 Å². The molecule has 0 aromatic rings. The third-order valence-corrected chi connectivity index (χ3v) is 4.51. The molecule has 0 radical (unpaired) electrons. The molecule has 96 valence electrons. The minimum atomic E-state index is -0.631. The molecule has 0 bridgehead atoms. The number of rotatable bonds is 5. The van der Waals surface area contributed by atoms with Crippen LogP contribution in [0.25, 0.3) is 0 Å². The topological polar surface area (TPSA) is 37.3 Å². The quantitative estimate of drug-likeness (QED) is 0.736. The van der Waals surface area contributed by atoms with Gasteiger partial charge in [0.25, 0.3) is 0 Å². The second-order valence-electron chi connectivity index (χ2n) is 5.85. The van der Waals surface area contributed by atoms with Gasteiger partial charge < -0.3 is 5.11 Å². The van der Waals surface area contributed by atoms with Crippen LogP contribution in [0.1, 0.15) is 51.9 Å². The Kier molecular flexibility index (Phi) is 4.25. The molecule has 0 saturated heterocycles. The molecular weight excluding hydrogens is 212 g/mol. The second-order valence-corrected chi connectivity index (χ2v) is 5.85. The van der Waals surface area contributed by atoms with Crippen LogP contribution in [0.3, 0.4) is 0 Å². The van der Waals surface area contributed by atoms with Gasteiger partial charge in [0.15, 0.2) is 0 Å². The monoisotopic (exact) mass is 236 g/mol. The van der Waals surface area contributed by atoms with Gasteiger partial charge in [0.2, 0.25) is 0 Å². The van der Waals surface area contributed by atoms with Crippen LogP contribution in [0.4, 0.5) is 0 Å². The summed E-state index contributed by atoms with van der Waals surface area (Å²) in [5.74, 6) is 1.10. The lowest BCUT2D eigenvalue weighted by molar-refractivity contribution is -0.141. The number of allylic oxidation sites excluding steroid dienone is 2. The van der Waals surface area contributed by atoms with Crippen molar-refractivity contribution >= 4 is 5.97 Å². The highest BCUT2D eigenvalue weighted by Gasteiger charge is 2.42. The Morgan fingerprint density at radius 3 is 2.71 bits per heavy atom. The fourth-order valence-corrected chi connectivity index (χ4v) is 3.11. The third kappa shape index (κ3) is 3.58. The van der Waals surface area contributed by atoms with Crippen molar-refractivity contribution in [1.29, 1.82) is 0 Å². The van der Waals surface area contributed by atoms with Crippen molar-refractivity contribution < 1.29 is 9.90 Å². The van der Waals surface area contributed by atoms with Crippen molar-refractivity contribution in [3.8, 4) is 0 Å². The third-order valence-electron chi connectivity index (χ3n) is 4.51. The molecule has 3 unspecified atom stereocenters. The Morgan fingerprint density at radius 1 is 1.35 bits per heavy atom. The summed E-state index contributed by atoms with van der Waals surface area (Å²) in [6.45, 7) is 1.85. The minimum absolute atomic E-state index is 0.150. The largest absolute Gasteiger partial charge is 0.481 e. The molecule has 0 spiro atoms. The molecule has 0 heterocycles. The zero-order valence-electron chi connectivity index (χ0n) is 10.8. The second kappa shape index (κ2) is 5.70. The van der Waals surface area contributed by atoms with Gasteiger partial charge in [-0.25, -0.2) is 0 Å². The molecule has 0 amide bonds. The van der Waals surface area contributed by atoms with Crippen LogP contribution >= 0.6 is 0 Å². The van der Waals surface area contributed by atoms with E-state index in [2.05, 4.69) is 12.2 Å². The van der Waals surface area contributed by atoms with E-state index in [1.807, 2.05) is 6.92 Å². The van der Waals surface area contributed by atoms with Gasteiger partial charge in [-0.3, -0.25) is 4.79 Å². The molecule has 2 nitrogen and oxygen atoms in total. The molecule has 2 rings (SSSR count). The summed E-state index contributed by atoms with van der Waals surface area (Å²) in [6, 6.07) is 0. The molecule has 1 N–H and O–H groups in total. The molecular formula is C15H24O2. The molecule has 0 aliphatic heterocycles. The number of aliphatic carboxylic acids is 1. The van der Waals surface area contributed by atoms with Crippen LogP contribution < -0.4 is 0 Å². The molecule has 2 heteroatoms. The summed E-state index contributed by atoms with van der Waals surface area (Å²) in [5, 5.41) is 8.92. The first-order valence-corrected chi connectivity index (χ1v) is 7.08. The normalized spacial score (nSPS) is 31.6. The first kappa shape index (κ1) is 12.7. The average Bonchev–Trinajstić information content (AvgIpc) is 3.09. The maximum absolute atomic E-state index is 10.8. The molecule has 2 aliphatic rings. The summed E-state index contributed by atoms with van der Waals surface area (Å²) >= 11 is 0. The molecule has 2 saturated carbocycles.